The second-order valence-electron chi connectivity index (χ2n) is 2.91. The number of aromatic nitrogens is 1. The number of pyridine rings is 1. The van der Waals surface area contributed by atoms with E-state index in [1.807, 2.05) is 0 Å². The fourth-order valence-electron chi connectivity index (χ4n) is 0.964. The number of ether oxygens (including phenoxy) is 1. The summed E-state index contributed by atoms with van der Waals surface area (Å²) in [6.07, 6.45) is -3.54. The fourth-order valence-corrected chi connectivity index (χ4v) is 0.964. The Balaban J connectivity index is 2.69. The molecule has 1 amide bonds. The molecule has 1 aromatic heterocycles. The van der Waals surface area contributed by atoms with Crippen molar-refractivity contribution in [3.63, 3.8) is 0 Å². The average molecular weight is 234 g/mol. The number of halogens is 3. The second-order valence-corrected chi connectivity index (χ2v) is 2.91. The number of hydrogen-bond donors (Lipinski definition) is 1. The Labute approximate surface area is 89.4 Å². The highest BCUT2D eigenvalue weighted by Gasteiger charge is 2.32. The molecule has 0 aliphatic heterocycles. The van der Waals surface area contributed by atoms with Gasteiger partial charge in [-0.2, -0.15) is 13.2 Å². The molecule has 0 fully saturated rings. The third-order valence-electron chi connectivity index (χ3n) is 1.61. The van der Waals surface area contributed by atoms with Crippen LogP contribution in [0.1, 0.15) is 5.69 Å². The van der Waals surface area contributed by atoms with Crippen LogP contribution in [0.3, 0.4) is 0 Å². The summed E-state index contributed by atoms with van der Waals surface area (Å²) in [5.41, 5.74) is -0.813. The van der Waals surface area contributed by atoms with Crippen molar-refractivity contribution in [2.24, 2.45) is 0 Å². The van der Waals surface area contributed by atoms with E-state index in [4.69, 9.17) is 0 Å². The molecule has 16 heavy (non-hydrogen) atoms. The first kappa shape index (κ1) is 12.4. The van der Waals surface area contributed by atoms with E-state index in [1.54, 1.807) is 0 Å². The van der Waals surface area contributed by atoms with Gasteiger partial charge in [-0.3, -0.25) is 4.79 Å². The van der Waals surface area contributed by atoms with Gasteiger partial charge in [0, 0.05) is 7.11 Å². The van der Waals surface area contributed by atoms with Gasteiger partial charge < -0.3 is 10.1 Å². The minimum Gasteiger partial charge on any atom is -0.375 e. The van der Waals surface area contributed by atoms with E-state index in [9.17, 15) is 18.0 Å². The van der Waals surface area contributed by atoms with Gasteiger partial charge in [0.25, 0.3) is 0 Å². The normalized spacial score (nSPS) is 11.2. The molecule has 0 atom stereocenters. The maximum atomic E-state index is 12.1. The van der Waals surface area contributed by atoms with Crippen molar-refractivity contribution in [2.75, 3.05) is 19.0 Å². The third kappa shape index (κ3) is 3.50. The summed E-state index contributed by atoms with van der Waals surface area (Å²) >= 11 is 0. The number of rotatable bonds is 3. The van der Waals surface area contributed by atoms with Crippen molar-refractivity contribution in [2.45, 2.75) is 6.18 Å². The minimum absolute atomic E-state index is 0.166. The maximum Gasteiger partial charge on any atom is 0.433 e. The number of amides is 1. The summed E-state index contributed by atoms with van der Waals surface area (Å²) in [6.45, 7) is -0.166. The summed E-state index contributed by atoms with van der Waals surface area (Å²) < 4.78 is 40.9. The van der Waals surface area contributed by atoms with Crippen LogP contribution in [-0.4, -0.2) is 24.6 Å². The van der Waals surface area contributed by atoms with Gasteiger partial charge in [-0.05, 0) is 12.1 Å². The van der Waals surface area contributed by atoms with Gasteiger partial charge in [-0.15, -0.1) is 0 Å². The zero-order valence-electron chi connectivity index (χ0n) is 8.34. The summed E-state index contributed by atoms with van der Waals surface area (Å²) in [5, 5.41) is 2.33. The van der Waals surface area contributed by atoms with E-state index < -0.39 is 17.8 Å². The number of alkyl halides is 3. The van der Waals surface area contributed by atoms with E-state index in [0.29, 0.717) is 0 Å². The Morgan fingerprint density at radius 3 is 2.62 bits per heavy atom. The molecular weight excluding hydrogens is 225 g/mol. The molecule has 0 unspecified atom stereocenters. The molecule has 0 aromatic carbocycles. The highest BCUT2D eigenvalue weighted by atomic mass is 19.4. The molecule has 0 bridgehead atoms. The number of carbonyl (C=O) groups is 1. The minimum atomic E-state index is -4.48. The Morgan fingerprint density at radius 1 is 1.50 bits per heavy atom. The zero-order chi connectivity index (χ0) is 12.2. The molecule has 0 radical (unpaired) electrons. The smallest absolute Gasteiger partial charge is 0.375 e. The van der Waals surface area contributed by atoms with E-state index in [1.165, 1.54) is 7.11 Å². The predicted octanol–water partition coefficient (Wildman–Crippen LogP) is 1.69. The van der Waals surface area contributed by atoms with Gasteiger partial charge in [-0.1, -0.05) is 0 Å². The SMILES string of the molecule is COCC(=O)Nc1ccc(C(F)(F)F)nc1. The van der Waals surface area contributed by atoms with Gasteiger partial charge in [-0.25, -0.2) is 4.98 Å². The topological polar surface area (TPSA) is 51.2 Å². The Kier molecular flexibility index (Phi) is 3.83. The first-order valence-corrected chi connectivity index (χ1v) is 4.25. The van der Waals surface area contributed by atoms with Gasteiger partial charge in [0.05, 0.1) is 11.9 Å². The van der Waals surface area contributed by atoms with Gasteiger partial charge in [0.15, 0.2) is 0 Å². The monoisotopic (exact) mass is 234 g/mol. The summed E-state index contributed by atoms with van der Waals surface area (Å²) in [7, 11) is 1.34. The molecule has 0 aliphatic carbocycles. The molecular formula is C9H9F3N2O2. The van der Waals surface area contributed by atoms with Crippen LogP contribution in [-0.2, 0) is 15.7 Å². The molecule has 7 heteroatoms. The first-order chi connectivity index (χ1) is 7.43. The zero-order valence-corrected chi connectivity index (χ0v) is 8.34. The van der Waals surface area contributed by atoms with Crippen LogP contribution in [0.25, 0.3) is 0 Å². The largest absolute Gasteiger partial charge is 0.433 e. The molecule has 4 nitrogen and oxygen atoms in total. The molecule has 88 valence electrons. The maximum absolute atomic E-state index is 12.1. The number of nitrogens with one attached hydrogen (secondary N) is 1. The van der Waals surface area contributed by atoms with Crippen molar-refractivity contribution in [3.8, 4) is 0 Å². The van der Waals surface area contributed by atoms with Crippen LogP contribution in [0.2, 0.25) is 0 Å². The second kappa shape index (κ2) is 4.93. The summed E-state index contributed by atoms with van der Waals surface area (Å²) in [4.78, 5) is 14.2. The van der Waals surface area contributed by atoms with Crippen LogP contribution in [0, 0.1) is 0 Å². The number of nitrogens with zero attached hydrogens (tertiary/aromatic N) is 1. The van der Waals surface area contributed by atoms with Crippen molar-refractivity contribution in [1.82, 2.24) is 4.98 Å². The number of anilines is 1. The van der Waals surface area contributed by atoms with Crippen molar-refractivity contribution in [1.29, 1.82) is 0 Å². The molecule has 0 spiro atoms. The molecule has 1 heterocycles. The highest BCUT2D eigenvalue weighted by Crippen LogP contribution is 2.27. The summed E-state index contributed by atoms with van der Waals surface area (Å²) in [5.74, 6) is -0.455. The van der Waals surface area contributed by atoms with Crippen LogP contribution in [0.4, 0.5) is 18.9 Å². The van der Waals surface area contributed by atoms with Crippen molar-refractivity contribution in [3.05, 3.63) is 24.0 Å². The predicted molar refractivity (Wildman–Crippen MR) is 49.7 cm³/mol. The van der Waals surface area contributed by atoms with Crippen LogP contribution in [0.5, 0.6) is 0 Å². The molecule has 1 N–H and O–H groups in total. The number of methoxy groups -OCH3 is 1. The summed E-state index contributed by atoms with van der Waals surface area (Å²) in [6, 6.07) is 1.92. The molecule has 1 aromatic rings. The third-order valence-corrected chi connectivity index (χ3v) is 1.61. The van der Waals surface area contributed by atoms with Crippen molar-refractivity contribution >= 4 is 11.6 Å². The van der Waals surface area contributed by atoms with Crippen LogP contribution < -0.4 is 5.32 Å². The lowest BCUT2D eigenvalue weighted by Crippen LogP contribution is -2.17. The Bertz CT molecular complexity index is 362. The average Bonchev–Trinajstić information content (AvgIpc) is 2.17. The number of carbonyl (C=O) groups excluding carboxylic acids is 1. The molecule has 1 rings (SSSR count). The lowest BCUT2D eigenvalue weighted by atomic mass is 10.3. The lowest BCUT2D eigenvalue weighted by Gasteiger charge is -2.07. The molecule has 0 aliphatic rings. The van der Waals surface area contributed by atoms with Crippen molar-refractivity contribution < 1.29 is 22.7 Å². The lowest BCUT2D eigenvalue weighted by molar-refractivity contribution is -0.141. The first-order valence-electron chi connectivity index (χ1n) is 4.25. The van der Waals surface area contributed by atoms with E-state index >= 15 is 0 Å². The molecule has 0 saturated heterocycles. The Hall–Kier alpha value is -1.63. The highest BCUT2D eigenvalue weighted by molar-refractivity contribution is 5.91. The van der Waals surface area contributed by atoms with Crippen LogP contribution in [0.15, 0.2) is 18.3 Å². The van der Waals surface area contributed by atoms with E-state index in [-0.39, 0.29) is 12.3 Å². The van der Waals surface area contributed by atoms with Gasteiger partial charge in [0.1, 0.15) is 12.3 Å². The van der Waals surface area contributed by atoms with E-state index in [0.717, 1.165) is 18.3 Å². The van der Waals surface area contributed by atoms with E-state index in [2.05, 4.69) is 15.0 Å². The van der Waals surface area contributed by atoms with Crippen LogP contribution >= 0.6 is 0 Å². The van der Waals surface area contributed by atoms with Gasteiger partial charge in [0.2, 0.25) is 5.91 Å². The Morgan fingerprint density at radius 2 is 2.19 bits per heavy atom. The molecule has 0 saturated carbocycles. The fraction of sp³-hybridized carbons (Fsp3) is 0.333. The number of hydrogen-bond acceptors (Lipinski definition) is 3. The standard InChI is InChI=1S/C9H9F3N2O2/c1-16-5-8(15)14-6-2-3-7(13-4-6)9(10,11)12/h2-4H,5H2,1H3,(H,14,15). The quantitative estimate of drug-likeness (QED) is 0.865. The van der Waals surface area contributed by atoms with Gasteiger partial charge >= 0.3 is 6.18 Å².